The Kier molecular flexibility index (Phi) is 3.17. The summed E-state index contributed by atoms with van der Waals surface area (Å²) >= 11 is 0. The van der Waals surface area contributed by atoms with Gasteiger partial charge < -0.3 is 5.11 Å². The molecule has 1 saturated heterocycles. The lowest BCUT2D eigenvalue weighted by Gasteiger charge is -2.33. The van der Waals surface area contributed by atoms with Gasteiger partial charge in [0.15, 0.2) is 0 Å². The number of carbonyl (C=O) groups excluding carboxylic acids is 2. The Balaban J connectivity index is 2.25. The lowest BCUT2D eigenvalue weighted by molar-refractivity contribution is -0.164. The van der Waals surface area contributed by atoms with Crippen LogP contribution in [-0.2, 0) is 14.4 Å². The Bertz CT molecular complexity index is 344. The van der Waals surface area contributed by atoms with Crippen molar-refractivity contribution in [3.63, 3.8) is 0 Å². The minimum Gasteiger partial charge on any atom is -0.480 e. The smallest absolute Gasteiger partial charge is 0.326 e. The summed E-state index contributed by atoms with van der Waals surface area (Å²) in [7, 11) is 0. The molecular weight excluding hydrogens is 222 g/mol. The van der Waals surface area contributed by atoms with E-state index in [1.807, 2.05) is 6.92 Å². The summed E-state index contributed by atoms with van der Waals surface area (Å²) in [6.45, 7) is 1.85. The fraction of sp³-hybridized carbons (Fsp3) is 0.750. The number of hydrogen-bond donors (Lipinski definition) is 1. The maximum atomic E-state index is 12.1. The number of imide groups is 1. The third-order valence-corrected chi connectivity index (χ3v) is 3.76. The van der Waals surface area contributed by atoms with Crippen LogP contribution >= 0.6 is 0 Å². The number of likely N-dealkylation sites (tertiary alicyclic amines) is 1. The van der Waals surface area contributed by atoms with Crippen LogP contribution in [0.15, 0.2) is 0 Å². The number of carbonyl (C=O) groups is 3. The third kappa shape index (κ3) is 1.94. The van der Waals surface area contributed by atoms with Gasteiger partial charge in [0.05, 0.1) is 0 Å². The molecule has 94 valence electrons. The molecule has 2 amide bonds. The molecule has 1 heterocycles. The highest BCUT2D eigenvalue weighted by molar-refractivity contribution is 6.03. The summed E-state index contributed by atoms with van der Waals surface area (Å²) in [5, 5.41) is 9.14. The van der Waals surface area contributed by atoms with Crippen LogP contribution in [0.2, 0.25) is 0 Å². The van der Waals surface area contributed by atoms with Crippen molar-refractivity contribution in [2.45, 2.75) is 45.1 Å². The number of nitrogens with zero attached hydrogens (tertiary/aromatic N) is 1. The van der Waals surface area contributed by atoms with Crippen molar-refractivity contribution in [2.24, 2.45) is 11.8 Å². The SMILES string of the molecule is CCCC(C(=O)O)N1C(=O)C2CCC(C2)C1=O. The van der Waals surface area contributed by atoms with Gasteiger partial charge in [-0.3, -0.25) is 14.5 Å². The van der Waals surface area contributed by atoms with E-state index in [0.29, 0.717) is 19.3 Å². The van der Waals surface area contributed by atoms with E-state index in [1.54, 1.807) is 0 Å². The first-order chi connectivity index (χ1) is 8.06. The first-order valence-corrected chi connectivity index (χ1v) is 6.16. The molecule has 0 aromatic heterocycles. The Hall–Kier alpha value is -1.39. The van der Waals surface area contributed by atoms with Crippen molar-refractivity contribution in [3.05, 3.63) is 0 Å². The number of aliphatic carboxylic acids is 1. The molecule has 17 heavy (non-hydrogen) atoms. The van der Waals surface area contributed by atoms with Gasteiger partial charge in [0, 0.05) is 11.8 Å². The second-order valence-corrected chi connectivity index (χ2v) is 4.90. The van der Waals surface area contributed by atoms with Gasteiger partial charge in [-0.1, -0.05) is 13.3 Å². The molecule has 0 aromatic carbocycles. The number of fused-ring (bicyclic) bond motifs is 2. The predicted molar refractivity (Wildman–Crippen MR) is 59.0 cm³/mol. The molecule has 5 heteroatoms. The fourth-order valence-corrected chi connectivity index (χ4v) is 2.88. The van der Waals surface area contributed by atoms with Crippen LogP contribution in [0.3, 0.4) is 0 Å². The summed E-state index contributed by atoms with van der Waals surface area (Å²) in [5.74, 6) is -1.88. The van der Waals surface area contributed by atoms with Crippen molar-refractivity contribution in [1.29, 1.82) is 0 Å². The molecule has 3 atom stereocenters. The van der Waals surface area contributed by atoms with E-state index in [2.05, 4.69) is 0 Å². The summed E-state index contributed by atoms with van der Waals surface area (Å²) in [4.78, 5) is 36.3. The highest BCUT2D eigenvalue weighted by Crippen LogP contribution is 2.39. The van der Waals surface area contributed by atoms with E-state index in [0.717, 1.165) is 17.7 Å². The monoisotopic (exact) mass is 239 g/mol. The van der Waals surface area contributed by atoms with Crippen LogP contribution in [0.1, 0.15) is 39.0 Å². The Morgan fingerprint density at radius 2 is 1.88 bits per heavy atom. The molecule has 1 aliphatic carbocycles. The Morgan fingerprint density at radius 1 is 1.35 bits per heavy atom. The molecule has 1 saturated carbocycles. The van der Waals surface area contributed by atoms with Crippen molar-refractivity contribution in [2.75, 3.05) is 0 Å². The van der Waals surface area contributed by atoms with E-state index in [9.17, 15) is 14.4 Å². The van der Waals surface area contributed by atoms with Gasteiger partial charge in [-0.25, -0.2) is 4.79 Å². The van der Waals surface area contributed by atoms with Crippen LogP contribution in [0.25, 0.3) is 0 Å². The second kappa shape index (κ2) is 4.47. The quantitative estimate of drug-likeness (QED) is 0.743. The van der Waals surface area contributed by atoms with E-state index in [-0.39, 0.29) is 23.7 Å². The van der Waals surface area contributed by atoms with Crippen LogP contribution in [0.5, 0.6) is 0 Å². The molecule has 1 aliphatic heterocycles. The van der Waals surface area contributed by atoms with Crippen LogP contribution in [0.4, 0.5) is 0 Å². The topological polar surface area (TPSA) is 74.7 Å². The van der Waals surface area contributed by atoms with Crippen molar-refractivity contribution in [1.82, 2.24) is 4.90 Å². The average Bonchev–Trinajstić information content (AvgIpc) is 2.72. The first-order valence-electron chi connectivity index (χ1n) is 6.16. The zero-order valence-corrected chi connectivity index (χ0v) is 9.89. The van der Waals surface area contributed by atoms with Gasteiger partial charge in [-0.2, -0.15) is 0 Å². The average molecular weight is 239 g/mol. The lowest BCUT2D eigenvalue weighted by atomic mass is 9.94. The van der Waals surface area contributed by atoms with Gasteiger partial charge in [-0.15, -0.1) is 0 Å². The number of rotatable bonds is 4. The highest BCUT2D eigenvalue weighted by Gasteiger charge is 2.48. The van der Waals surface area contributed by atoms with Crippen molar-refractivity contribution < 1.29 is 19.5 Å². The first kappa shape index (κ1) is 12.1. The largest absolute Gasteiger partial charge is 0.480 e. The Labute approximate surface area is 99.8 Å². The number of hydrogen-bond acceptors (Lipinski definition) is 3. The normalized spacial score (nSPS) is 29.6. The standard InChI is InChI=1S/C12H17NO4/c1-2-3-9(12(16)17)13-10(14)7-4-5-8(6-7)11(13)15/h7-9H,2-6H2,1H3,(H,16,17). The highest BCUT2D eigenvalue weighted by atomic mass is 16.4. The van der Waals surface area contributed by atoms with Crippen molar-refractivity contribution in [3.8, 4) is 0 Å². The van der Waals surface area contributed by atoms with Gasteiger partial charge in [0.2, 0.25) is 11.8 Å². The second-order valence-electron chi connectivity index (χ2n) is 4.90. The van der Waals surface area contributed by atoms with Gasteiger partial charge >= 0.3 is 5.97 Å². The van der Waals surface area contributed by atoms with Gasteiger partial charge in [0.1, 0.15) is 6.04 Å². The van der Waals surface area contributed by atoms with Crippen LogP contribution in [-0.4, -0.2) is 33.8 Å². The molecule has 1 N–H and O–H groups in total. The lowest BCUT2D eigenvalue weighted by Crippen LogP contribution is -2.54. The molecule has 2 aliphatic rings. The van der Waals surface area contributed by atoms with Gasteiger partial charge in [0.25, 0.3) is 0 Å². The van der Waals surface area contributed by atoms with E-state index < -0.39 is 12.0 Å². The minimum absolute atomic E-state index is 0.128. The molecule has 5 nitrogen and oxygen atoms in total. The third-order valence-electron chi connectivity index (χ3n) is 3.76. The van der Waals surface area contributed by atoms with E-state index in [1.165, 1.54) is 0 Å². The maximum Gasteiger partial charge on any atom is 0.326 e. The molecular formula is C12H17NO4. The molecule has 0 spiro atoms. The van der Waals surface area contributed by atoms with Gasteiger partial charge in [-0.05, 0) is 25.7 Å². The summed E-state index contributed by atoms with van der Waals surface area (Å²) in [5.41, 5.74) is 0. The molecule has 2 bridgehead atoms. The molecule has 0 radical (unpaired) electrons. The predicted octanol–water partition coefficient (Wildman–Crippen LogP) is 1.02. The zero-order chi connectivity index (χ0) is 12.6. The number of carboxylic acids is 1. The number of piperidine rings is 1. The molecule has 2 rings (SSSR count). The summed E-state index contributed by atoms with van der Waals surface area (Å²) in [6, 6.07) is -0.969. The summed E-state index contributed by atoms with van der Waals surface area (Å²) in [6.07, 6.45) is 3.05. The maximum absolute atomic E-state index is 12.1. The number of carboxylic acid groups (broad SMARTS) is 1. The molecule has 0 aromatic rings. The number of amides is 2. The Morgan fingerprint density at radius 3 is 2.29 bits per heavy atom. The van der Waals surface area contributed by atoms with Crippen LogP contribution in [0, 0.1) is 11.8 Å². The van der Waals surface area contributed by atoms with Crippen LogP contribution < -0.4 is 0 Å². The van der Waals surface area contributed by atoms with Crippen molar-refractivity contribution >= 4 is 17.8 Å². The zero-order valence-electron chi connectivity index (χ0n) is 9.89. The minimum atomic E-state index is -1.07. The van der Waals surface area contributed by atoms with E-state index in [4.69, 9.17) is 5.11 Å². The van der Waals surface area contributed by atoms with E-state index >= 15 is 0 Å². The molecule has 2 fully saturated rings. The fourth-order valence-electron chi connectivity index (χ4n) is 2.88. The summed E-state index contributed by atoms with van der Waals surface area (Å²) < 4.78 is 0. The molecule has 3 unspecified atom stereocenters.